The second-order valence-corrected chi connectivity index (χ2v) is 8.92. The molecule has 0 fully saturated rings. The summed E-state index contributed by atoms with van der Waals surface area (Å²) in [4.78, 5) is 14.5. The standard InChI is InChI=1S/C18H14F6N4O4S/c1-2-33(31,32)14-13-4-3-9(17(19,20)21)8-28(13)27-15(14)26-7-12-11(16(29)30)5-10(6-25-12)18(22,23)24/h3-6,8H,2,7H2,1H3,(H,26,27)(H,29,30). The van der Waals surface area contributed by atoms with Gasteiger partial charge in [0.15, 0.2) is 15.7 Å². The fourth-order valence-corrected chi connectivity index (χ4v) is 4.08. The van der Waals surface area contributed by atoms with E-state index in [9.17, 15) is 44.7 Å². The lowest BCUT2D eigenvalue weighted by atomic mass is 10.1. The van der Waals surface area contributed by atoms with Gasteiger partial charge in [-0.05, 0) is 18.2 Å². The van der Waals surface area contributed by atoms with E-state index in [4.69, 9.17) is 0 Å². The number of carbonyl (C=O) groups is 1. The molecule has 0 aromatic carbocycles. The highest BCUT2D eigenvalue weighted by Crippen LogP contribution is 2.33. The van der Waals surface area contributed by atoms with Crippen LogP contribution in [0.1, 0.15) is 34.1 Å². The van der Waals surface area contributed by atoms with Gasteiger partial charge in [-0.2, -0.15) is 26.3 Å². The first kappa shape index (κ1) is 24.3. The molecule has 0 spiro atoms. The molecule has 0 radical (unpaired) electrons. The molecule has 0 aliphatic rings. The summed E-state index contributed by atoms with van der Waals surface area (Å²) in [6.07, 6.45) is -8.58. The molecule has 0 amide bonds. The van der Waals surface area contributed by atoms with Crippen LogP contribution in [0.25, 0.3) is 5.52 Å². The summed E-state index contributed by atoms with van der Waals surface area (Å²) in [7, 11) is -4.03. The highest BCUT2D eigenvalue weighted by atomic mass is 32.2. The van der Waals surface area contributed by atoms with Gasteiger partial charge in [0, 0.05) is 12.4 Å². The molecular formula is C18H14F6N4O4S. The number of rotatable bonds is 6. The smallest absolute Gasteiger partial charge is 0.417 e. The minimum atomic E-state index is -4.84. The Labute approximate surface area is 181 Å². The number of hydrogen-bond acceptors (Lipinski definition) is 6. The summed E-state index contributed by atoms with van der Waals surface area (Å²) in [5.41, 5.74) is -3.73. The van der Waals surface area contributed by atoms with Gasteiger partial charge in [-0.1, -0.05) is 6.92 Å². The second kappa shape index (κ2) is 8.20. The summed E-state index contributed by atoms with van der Waals surface area (Å²) >= 11 is 0. The van der Waals surface area contributed by atoms with E-state index in [1.807, 2.05) is 0 Å². The molecule has 0 saturated heterocycles. The van der Waals surface area contributed by atoms with E-state index >= 15 is 0 Å². The molecule has 33 heavy (non-hydrogen) atoms. The molecule has 0 aliphatic heterocycles. The van der Waals surface area contributed by atoms with E-state index in [-0.39, 0.29) is 11.2 Å². The molecule has 3 aromatic rings. The molecule has 178 valence electrons. The minimum absolute atomic E-state index is 0.175. The Morgan fingerprint density at radius 3 is 2.30 bits per heavy atom. The number of nitrogens with one attached hydrogen (secondary N) is 1. The number of carboxylic acids is 1. The van der Waals surface area contributed by atoms with Crippen molar-refractivity contribution in [3.05, 3.63) is 53.0 Å². The van der Waals surface area contributed by atoms with Crippen LogP contribution in [0.2, 0.25) is 0 Å². The second-order valence-electron chi connectivity index (χ2n) is 6.70. The van der Waals surface area contributed by atoms with Crippen LogP contribution in [0.5, 0.6) is 0 Å². The van der Waals surface area contributed by atoms with Crippen molar-refractivity contribution in [3.8, 4) is 0 Å². The van der Waals surface area contributed by atoms with Crippen molar-refractivity contribution in [2.24, 2.45) is 0 Å². The number of halogens is 6. The maximum Gasteiger partial charge on any atom is 0.417 e. The fourth-order valence-electron chi connectivity index (χ4n) is 2.90. The number of anilines is 1. The van der Waals surface area contributed by atoms with Gasteiger partial charge in [-0.25, -0.2) is 17.7 Å². The maximum atomic E-state index is 13.0. The van der Waals surface area contributed by atoms with Crippen LogP contribution >= 0.6 is 0 Å². The lowest BCUT2D eigenvalue weighted by Gasteiger charge is -2.11. The van der Waals surface area contributed by atoms with Crippen molar-refractivity contribution in [2.45, 2.75) is 30.7 Å². The monoisotopic (exact) mass is 496 g/mol. The molecule has 15 heteroatoms. The summed E-state index contributed by atoms with van der Waals surface area (Å²) < 4.78 is 103. The van der Waals surface area contributed by atoms with E-state index < -0.39 is 67.9 Å². The summed E-state index contributed by atoms with van der Waals surface area (Å²) in [6.45, 7) is 0.731. The van der Waals surface area contributed by atoms with Crippen molar-refractivity contribution in [1.82, 2.24) is 14.6 Å². The number of aromatic nitrogens is 3. The van der Waals surface area contributed by atoms with Crippen molar-refractivity contribution >= 4 is 27.1 Å². The van der Waals surface area contributed by atoms with Crippen LogP contribution in [0.4, 0.5) is 32.2 Å². The molecule has 0 aliphatic carbocycles. The number of sulfone groups is 1. The Balaban J connectivity index is 2.08. The lowest BCUT2D eigenvalue weighted by Crippen LogP contribution is -2.15. The molecule has 0 bridgehead atoms. The van der Waals surface area contributed by atoms with Crippen LogP contribution in [-0.2, 0) is 28.7 Å². The first-order chi connectivity index (χ1) is 15.1. The molecule has 0 saturated carbocycles. The predicted molar refractivity (Wildman–Crippen MR) is 101 cm³/mol. The number of aromatic carboxylic acids is 1. The van der Waals surface area contributed by atoms with Gasteiger partial charge in [-0.3, -0.25) is 4.98 Å². The highest BCUT2D eigenvalue weighted by Gasteiger charge is 2.34. The molecule has 0 atom stereocenters. The van der Waals surface area contributed by atoms with Crippen molar-refractivity contribution in [2.75, 3.05) is 11.1 Å². The molecule has 2 N–H and O–H groups in total. The van der Waals surface area contributed by atoms with E-state index in [1.54, 1.807) is 0 Å². The van der Waals surface area contributed by atoms with Crippen LogP contribution in [-0.4, -0.2) is 39.8 Å². The Kier molecular flexibility index (Phi) is 6.04. The Hall–Kier alpha value is -3.36. The van der Waals surface area contributed by atoms with Crippen molar-refractivity contribution < 1.29 is 44.7 Å². The molecule has 8 nitrogen and oxygen atoms in total. The zero-order valence-corrected chi connectivity index (χ0v) is 17.3. The first-order valence-corrected chi connectivity index (χ1v) is 10.7. The van der Waals surface area contributed by atoms with Gasteiger partial charge >= 0.3 is 18.3 Å². The molecule has 0 unspecified atom stereocenters. The van der Waals surface area contributed by atoms with E-state index in [0.717, 1.165) is 6.07 Å². The quantitative estimate of drug-likeness (QED) is 0.498. The third kappa shape index (κ3) is 4.86. The van der Waals surface area contributed by atoms with Crippen molar-refractivity contribution in [3.63, 3.8) is 0 Å². The predicted octanol–water partition coefficient (Wildman–Crippen LogP) is 3.87. The number of nitrogens with zero attached hydrogens (tertiary/aromatic N) is 3. The molecule has 3 aromatic heterocycles. The number of fused-ring (bicyclic) bond motifs is 1. The maximum absolute atomic E-state index is 13.0. The van der Waals surface area contributed by atoms with Crippen molar-refractivity contribution in [1.29, 1.82) is 0 Å². The van der Waals surface area contributed by atoms with E-state index in [2.05, 4.69) is 15.4 Å². The average molecular weight is 496 g/mol. The Morgan fingerprint density at radius 2 is 1.76 bits per heavy atom. The summed E-state index contributed by atoms with van der Waals surface area (Å²) in [6, 6.07) is 1.97. The van der Waals surface area contributed by atoms with Crippen LogP contribution < -0.4 is 5.32 Å². The number of hydrogen-bond donors (Lipinski definition) is 2. The fraction of sp³-hybridized carbons (Fsp3) is 0.278. The minimum Gasteiger partial charge on any atom is -0.478 e. The van der Waals surface area contributed by atoms with Gasteiger partial charge in [0.05, 0.1) is 40.2 Å². The van der Waals surface area contributed by atoms with Gasteiger partial charge < -0.3 is 10.4 Å². The first-order valence-electron chi connectivity index (χ1n) is 9.00. The zero-order valence-electron chi connectivity index (χ0n) is 16.5. The molecule has 3 heterocycles. The van der Waals surface area contributed by atoms with E-state index in [1.165, 1.54) is 6.92 Å². The Bertz CT molecular complexity index is 1330. The number of alkyl halides is 6. The number of pyridine rings is 2. The third-order valence-corrected chi connectivity index (χ3v) is 6.34. The molecule has 3 rings (SSSR count). The SMILES string of the molecule is CCS(=O)(=O)c1c(NCc2ncc(C(F)(F)F)cc2C(=O)O)nn2cc(C(F)(F)F)ccc12. The number of carboxylic acid groups (broad SMARTS) is 1. The van der Waals surface area contributed by atoms with Crippen LogP contribution in [0.3, 0.4) is 0 Å². The molecular weight excluding hydrogens is 482 g/mol. The topological polar surface area (TPSA) is 114 Å². The van der Waals surface area contributed by atoms with Crippen LogP contribution in [0, 0.1) is 0 Å². The van der Waals surface area contributed by atoms with Gasteiger partial charge in [-0.15, -0.1) is 5.10 Å². The summed E-state index contributed by atoms with van der Waals surface area (Å²) in [5, 5.41) is 15.5. The zero-order chi connectivity index (χ0) is 24.8. The Morgan fingerprint density at radius 1 is 1.12 bits per heavy atom. The highest BCUT2D eigenvalue weighted by molar-refractivity contribution is 7.91. The van der Waals surface area contributed by atoms with Crippen LogP contribution in [0.15, 0.2) is 35.5 Å². The van der Waals surface area contributed by atoms with Gasteiger partial charge in [0.2, 0.25) is 0 Å². The summed E-state index contributed by atoms with van der Waals surface area (Å²) in [5.74, 6) is -2.55. The van der Waals surface area contributed by atoms with Gasteiger partial charge in [0.25, 0.3) is 0 Å². The van der Waals surface area contributed by atoms with E-state index in [0.29, 0.717) is 29.0 Å². The largest absolute Gasteiger partial charge is 0.478 e. The normalized spacial score (nSPS) is 12.8. The lowest BCUT2D eigenvalue weighted by molar-refractivity contribution is -0.138. The third-order valence-electron chi connectivity index (χ3n) is 4.55. The van der Waals surface area contributed by atoms with Gasteiger partial charge in [0.1, 0.15) is 4.90 Å². The average Bonchev–Trinajstić information content (AvgIpc) is 3.09.